The summed E-state index contributed by atoms with van der Waals surface area (Å²) in [4.78, 5) is 5.06. The quantitative estimate of drug-likeness (QED) is 0.142. The summed E-state index contributed by atoms with van der Waals surface area (Å²) in [6.45, 7) is 0. The topological polar surface area (TPSA) is 51.2 Å². The maximum atomic E-state index is 11.6. The Bertz CT molecular complexity index is 3490. The van der Waals surface area contributed by atoms with Gasteiger partial charge in [0.1, 0.15) is 54.1 Å². The van der Waals surface area contributed by atoms with Gasteiger partial charge in [-0.25, -0.2) is 4.98 Å². The molecule has 0 amide bonds. The molecule has 266 valence electrons. The lowest BCUT2D eigenvalue weighted by Crippen LogP contribution is -2.48. The van der Waals surface area contributed by atoms with E-state index in [0.717, 1.165) is 88.1 Å². The van der Waals surface area contributed by atoms with Crippen LogP contribution >= 0.6 is 0 Å². The van der Waals surface area contributed by atoms with Gasteiger partial charge in [-0.3, -0.25) is 4.57 Å². The molecule has 11 rings (SSSR count). The van der Waals surface area contributed by atoms with Crippen LogP contribution in [0.25, 0.3) is 105 Å². The third-order valence-electron chi connectivity index (χ3n) is 11.6. The highest BCUT2D eigenvalue weighted by atomic mass is 16.3. The molecule has 0 aliphatic heterocycles. The lowest BCUT2D eigenvalue weighted by molar-refractivity contribution is 0.482. The minimum atomic E-state index is -0.278. The van der Waals surface area contributed by atoms with E-state index in [-0.39, 0.29) is 33.2 Å². The van der Waals surface area contributed by atoms with Gasteiger partial charge >= 0.3 is 0 Å². The van der Waals surface area contributed by atoms with E-state index in [2.05, 4.69) is 109 Å². The van der Waals surface area contributed by atoms with Crippen molar-refractivity contribution >= 4 is 108 Å². The van der Waals surface area contributed by atoms with Crippen molar-refractivity contribution in [3.05, 3.63) is 164 Å². The zero-order chi connectivity index (χ0) is 39.9. The molecule has 11 aromatic rings. The number of imidazole rings is 1. The zero-order valence-corrected chi connectivity index (χ0v) is 31.6. The molecule has 1 N–H and O–H groups in total. The number of furan rings is 1. The number of fused-ring (bicyclic) bond motifs is 6. The molecule has 0 bridgehead atoms. The lowest BCUT2D eigenvalue weighted by Gasteiger charge is -2.23. The smallest absolute Gasteiger partial charge is 0.148 e. The highest BCUT2D eigenvalue weighted by Crippen LogP contribution is 2.48. The highest BCUT2D eigenvalue weighted by molar-refractivity contribution is 6.64. The predicted octanol–water partition coefficient (Wildman–Crippen LogP) is 8.78. The van der Waals surface area contributed by atoms with Crippen LogP contribution in [0.5, 0.6) is 5.75 Å². The van der Waals surface area contributed by atoms with Gasteiger partial charge in [-0.15, -0.1) is 10.9 Å². The normalized spacial score (nSPS) is 11.7. The number of phenols is 1. The summed E-state index contributed by atoms with van der Waals surface area (Å²) in [6, 6.07) is 56.6. The third kappa shape index (κ3) is 5.33. The minimum Gasteiger partial charge on any atom is -0.508 e. The highest BCUT2D eigenvalue weighted by Gasteiger charge is 2.25. The Kier molecular flexibility index (Phi) is 7.99. The van der Waals surface area contributed by atoms with E-state index in [1.54, 1.807) is 0 Å². The van der Waals surface area contributed by atoms with E-state index < -0.39 is 0 Å². The van der Waals surface area contributed by atoms with Crippen LogP contribution < -0.4 is 21.9 Å². The predicted molar refractivity (Wildman–Crippen MR) is 248 cm³/mol. The van der Waals surface area contributed by atoms with Crippen LogP contribution in [0, 0.1) is 0 Å². The summed E-state index contributed by atoms with van der Waals surface area (Å²) < 4.78 is 8.30. The maximum Gasteiger partial charge on any atom is 0.148 e. The molecule has 0 fully saturated rings. The van der Waals surface area contributed by atoms with Gasteiger partial charge in [-0.05, 0) is 91.8 Å². The monoisotopic (exact) mass is 744 g/mol. The van der Waals surface area contributed by atoms with Crippen molar-refractivity contribution in [2.24, 2.45) is 0 Å². The fourth-order valence-electron chi connectivity index (χ4n) is 8.83. The van der Waals surface area contributed by atoms with E-state index in [1.807, 2.05) is 59.2 Å². The molecule has 0 unspecified atom stereocenters. The Morgan fingerprint density at radius 3 is 1.88 bits per heavy atom. The van der Waals surface area contributed by atoms with Crippen LogP contribution in [-0.4, -0.2) is 46.0 Å². The molecule has 0 spiro atoms. The molecule has 8 radical (unpaired) electrons. The zero-order valence-electron chi connectivity index (χ0n) is 31.6. The summed E-state index contributed by atoms with van der Waals surface area (Å²) in [5.74, 6) is 0.101. The van der Waals surface area contributed by atoms with E-state index in [0.29, 0.717) is 11.3 Å². The SMILES string of the molecule is [B]c1c([B])c([B])c(-c2nc3ccccc3n2-c2ccccc2-c2c3ccccc3c(-c3ccc4oc5ccccc5c4c3)c3cc(-c4ccccc4)ccc23)c(O)c1[B]. The van der Waals surface area contributed by atoms with Gasteiger partial charge in [0.25, 0.3) is 0 Å². The number of phenolic OH excluding ortho intramolecular Hbond substituents is 1. The van der Waals surface area contributed by atoms with Crippen molar-refractivity contribution in [2.75, 3.05) is 0 Å². The number of aromatic nitrogens is 2. The Labute approximate surface area is 345 Å². The summed E-state index contributed by atoms with van der Waals surface area (Å²) >= 11 is 0. The Balaban J connectivity index is 1.26. The molecular weight excluding hydrogens is 716 g/mol. The summed E-state index contributed by atoms with van der Waals surface area (Å²) in [5.41, 5.74) is 10.8. The van der Waals surface area contributed by atoms with Crippen molar-refractivity contribution in [1.29, 1.82) is 0 Å². The van der Waals surface area contributed by atoms with Crippen LogP contribution in [0.2, 0.25) is 0 Å². The number of benzene rings is 9. The van der Waals surface area contributed by atoms with Crippen molar-refractivity contribution in [2.45, 2.75) is 0 Å². The van der Waals surface area contributed by atoms with Crippen LogP contribution in [0.1, 0.15) is 0 Å². The molecule has 8 heteroatoms. The maximum absolute atomic E-state index is 11.6. The van der Waals surface area contributed by atoms with Crippen LogP contribution in [0.15, 0.2) is 168 Å². The fourth-order valence-corrected chi connectivity index (χ4v) is 8.83. The Morgan fingerprint density at radius 1 is 0.441 bits per heavy atom. The number of hydrogen-bond acceptors (Lipinski definition) is 3. The molecule has 0 aliphatic carbocycles. The van der Waals surface area contributed by atoms with Gasteiger partial charge in [0.15, 0.2) is 0 Å². The lowest BCUT2D eigenvalue weighted by atomic mass is 9.65. The van der Waals surface area contributed by atoms with Crippen LogP contribution in [0.4, 0.5) is 0 Å². The van der Waals surface area contributed by atoms with E-state index >= 15 is 0 Å². The van der Waals surface area contributed by atoms with Crippen molar-refractivity contribution in [3.63, 3.8) is 0 Å². The molecular formula is C51H28B4N2O2. The molecule has 0 saturated heterocycles. The molecule has 0 atom stereocenters. The molecule has 0 saturated carbocycles. The number of para-hydroxylation sites is 4. The summed E-state index contributed by atoms with van der Waals surface area (Å²) in [7, 11) is 25.6. The van der Waals surface area contributed by atoms with Gasteiger partial charge in [-0.2, -0.15) is 0 Å². The molecule has 2 heterocycles. The molecule has 2 aromatic heterocycles. The van der Waals surface area contributed by atoms with Gasteiger partial charge in [0, 0.05) is 16.3 Å². The molecule has 4 nitrogen and oxygen atoms in total. The molecule has 9 aromatic carbocycles. The number of hydrogen-bond donors (Lipinski definition) is 1. The second-order valence-corrected chi connectivity index (χ2v) is 14.9. The van der Waals surface area contributed by atoms with Gasteiger partial charge in [0.2, 0.25) is 0 Å². The first-order valence-corrected chi connectivity index (χ1v) is 19.4. The number of rotatable bonds is 5. The third-order valence-corrected chi connectivity index (χ3v) is 11.6. The van der Waals surface area contributed by atoms with E-state index in [9.17, 15) is 5.11 Å². The second-order valence-electron chi connectivity index (χ2n) is 14.9. The second kappa shape index (κ2) is 13.5. The first-order chi connectivity index (χ1) is 28.9. The van der Waals surface area contributed by atoms with Gasteiger partial charge < -0.3 is 9.52 Å². The van der Waals surface area contributed by atoms with Crippen LogP contribution in [0.3, 0.4) is 0 Å². The van der Waals surface area contributed by atoms with Crippen molar-refractivity contribution in [1.82, 2.24) is 9.55 Å². The molecule has 59 heavy (non-hydrogen) atoms. The summed E-state index contributed by atoms with van der Waals surface area (Å²) in [6.07, 6.45) is 0. The van der Waals surface area contributed by atoms with Gasteiger partial charge in [-0.1, -0.05) is 132 Å². The molecule has 0 aliphatic rings. The van der Waals surface area contributed by atoms with Gasteiger partial charge in [0.05, 0.1) is 22.3 Å². The van der Waals surface area contributed by atoms with E-state index in [1.165, 1.54) is 0 Å². The first kappa shape index (κ1) is 35.0. The Morgan fingerprint density at radius 2 is 1.05 bits per heavy atom. The first-order valence-electron chi connectivity index (χ1n) is 19.4. The van der Waals surface area contributed by atoms with Crippen molar-refractivity contribution in [3.8, 4) is 56.2 Å². The Hall–Kier alpha value is -7.17. The minimum absolute atomic E-state index is 0.0276. The van der Waals surface area contributed by atoms with Crippen LogP contribution in [-0.2, 0) is 0 Å². The van der Waals surface area contributed by atoms with Crippen molar-refractivity contribution < 1.29 is 9.52 Å². The number of aromatic hydroxyl groups is 1. The largest absolute Gasteiger partial charge is 0.508 e. The number of nitrogens with zero attached hydrogens (tertiary/aromatic N) is 2. The average Bonchev–Trinajstić information content (AvgIpc) is 3.85. The van der Waals surface area contributed by atoms with E-state index in [4.69, 9.17) is 40.8 Å². The standard InChI is InChI=1S/C51H28B4N2O2/c52-46-45(50(58)49(55)48(54)47(46)53)51-56-38-18-8-10-20-40(38)57(51)39-19-9-6-17-35(39)44-33-16-5-4-15-32(33)43(37-26-29(22-24-34(37)44)28-12-2-1-3-13-28)30-23-25-42-36(27-30)31-14-7-11-21-41(31)59-42/h1-27,58H. The fraction of sp³-hybridized carbons (Fsp3) is 0. The average molecular weight is 744 g/mol. The summed E-state index contributed by atoms with van der Waals surface area (Å²) in [5, 5.41) is 18.0.